The first kappa shape index (κ1) is 11.9. The number of morpholine rings is 1. The summed E-state index contributed by atoms with van der Waals surface area (Å²) < 4.78 is 11.9. The molecule has 17 heavy (non-hydrogen) atoms. The van der Waals surface area contributed by atoms with Crippen molar-refractivity contribution in [2.75, 3.05) is 19.6 Å². The molecule has 4 nitrogen and oxygen atoms in total. The van der Waals surface area contributed by atoms with Crippen LogP contribution in [0.4, 0.5) is 0 Å². The molecule has 3 saturated heterocycles. The van der Waals surface area contributed by atoms with Crippen LogP contribution in [0.5, 0.6) is 0 Å². The van der Waals surface area contributed by atoms with Crippen LogP contribution in [0.25, 0.3) is 0 Å². The average Bonchev–Trinajstić information content (AvgIpc) is 2.87. The van der Waals surface area contributed by atoms with Crippen molar-refractivity contribution >= 4 is 0 Å². The highest BCUT2D eigenvalue weighted by molar-refractivity contribution is 4.92. The van der Waals surface area contributed by atoms with Crippen LogP contribution >= 0.6 is 0 Å². The first-order valence-corrected chi connectivity index (χ1v) is 7.01. The van der Waals surface area contributed by atoms with E-state index in [-0.39, 0.29) is 0 Å². The lowest BCUT2D eigenvalue weighted by molar-refractivity contribution is -0.0798. The van der Waals surface area contributed by atoms with Crippen LogP contribution in [0.2, 0.25) is 0 Å². The van der Waals surface area contributed by atoms with Gasteiger partial charge >= 0.3 is 0 Å². The Hall–Kier alpha value is -0.160. The maximum absolute atomic E-state index is 6.00. The second-order valence-corrected chi connectivity index (χ2v) is 5.78. The minimum Gasteiger partial charge on any atom is -0.374 e. The Balaban J connectivity index is 1.64. The van der Waals surface area contributed by atoms with Crippen LogP contribution in [0.15, 0.2) is 0 Å². The Kier molecular flexibility index (Phi) is 3.39. The van der Waals surface area contributed by atoms with Crippen LogP contribution in [0.3, 0.4) is 0 Å². The van der Waals surface area contributed by atoms with Gasteiger partial charge in [0.1, 0.15) is 0 Å². The molecule has 4 heteroatoms. The van der Waals surface area contributed by atoms with Crippen molar-refractivity contribution < 1.29 is 9.47 Å². The van der Waals surface area contributed by atoms with E-state index >= 15 is 0 Å². The maximum Gasteiger partial charge on any atom is 0.0747 e. The highest BCUT2D eigenvalue weighted by Gasteiger charge is 2.40. The fourth-order valence-electron chi connectivity index (χ4n) is 3.57. The van der Waals surface area contributed by atoms with Crippen LogP contribution in [0, 0.1) is 0 Å². The molecule has 5 unspecified atom stereocenters. The smallest absolute Gasteiger partial charge is 0.0747 e. The van der Waals surface area contributed by atoms with Gasteiger partial charge in [-0.3, -0.25) is 4.90 Å². The molecule has 0 aromatic heterocycles. The van der Waals surface area contributed by atoms with Crippen molar-refractivity contribution in [3.8, 4) is 0 Å². The summed E-state index contributed by atoms with van der Waals surface area (Å²) in [4.78, 5) is 2.52. The summed E-state index contributed by atoms with van der Waals surface area (Å²) in [6.45, 7) is 4.96. The standard InChI is InChI=1S/C13H24N2O2/c1-9-2-5-13(16-9)12(6-14)15-7-10-3-4-11(8-15)17-10/h9-13H,2-8,14H2,1H3. The number of ether oxygens (including phenoxy) is 2. The van der Waals surface area contributed by atoms with Crippen molar-refractivity contribution in [1.82, 2.24) is 4.90 Å². The molecule has 5 atom stereocenters. The van der Waals surface area contributed by atoms with E-state index in [9.17, 15) is 0 Å². The normalized spacial score (nSPS) is 44.1. The summed E-state index contributed by atoms with van der Waals surface area (Å²) in [5, 5.41) is 0. The molecule has 3 aliphatic rings. The second-order valence-electron chi connectivity index (χ2n) is 5.78. The fraction of sp³-hybridized carbons (Fsp3) is 1.00. The zero-order valence-corrected chi connectivity index (χ0v) is 10.7. The summed E-state index contributed by atoms with van der Waals surface area (Å²) in [5.41, 5.74) is 5.98. The molecule has 2 bridgehead atoms. The molecule has 0 aromatic rings. The van der Waals surface area contributed by atoms with Gasteiger partial charge in [0.05, 0.1) is 24.4 Å². The first-order chi connectivity index (χ1) is 8.26. The van der Waals surface area contributed by atoms with Crippen molar-refractivity contribution in [2.45, 2.75) is 63.1 Å². The van der Waals surface area contributed by atoms with E-state index in [2.05, 4.69) is 11.8 Å². The molecule has 0 aromatic carbocycles. The van der Waals surface area contributed by atoms with Crippen LogP contribution < -0.4 is 5.73 Å². The summed E-state index contributed by atoms with van der Waals surface area (Å²) in [6.07, 6.45) is 6.43. The molecule has 0 saturated carbocycles. The van der Waals surface area contributed by atoms with Crippen molar-refractivity contribution in [2.24, 2.45) is 5.73 Å². The predicted molar refractivity (Wildman–Crippen MR) is 65.9 cm³/mol. The molecule has 3 fully saturated rings. The summed E-state index contributed by atoms with van der Waals surface area (Å²) in [7, 11) is 0. The van der Waals surface area contributed by atoms with E-state index < -0.39 is 0 Å². The third-order valence-electron chi connectivity index (χ3n) is 4.48. The zero-order valence-electron chi connectivity index (χ0n) is 10.7. The lowest BCUT2D eigenvalue weighted by Gasteiger charge is -2.39. The Morgan fingerprint density at radius 2 is 1.82 bits per heavy atom. The lowest BCUT2D eigenvalue weighted by atomic mass is 10.0. The van der Waals surface area contributed by atoms with Gasteiger partial charge in [-0.05, 0) is 32.6 Å². The summed E-state index contributed by atoms with van der Waals surface area (Å²) >= 11 is 0. The molecule has 2 N–H and O–H groups in total. The van der Waals surface area contributed by atoms with Gasteiger partial charge in [0.15, 0.2) is 0 Å². The third-order valence-corrected chi connectivity index (χ3v) is 4.48. The van der Waals surface area contributed by atoms with Crippen molar-refractivity contribution in [3.05, 3.63) is 0 Å². The summed E-state index contributed by atoms with van der Waals surface area (Å²) in [5.74, 6) is 0. The minimum absolute atomic E-state index is 0.340. The highest BCUT2D eigenvalue weighted by atomic mass is 16.5. The fourth-order valence-corrected chi connectivity index (χ4v) is 3.57. The molecule has 98 valence electrons. The van der Waals surface area contributed by atoms with Crippen molar-refractivity contribution in [3.63, 3.8) is 0 Å². The van der Waals surface area contributed by atoms with Crippen LogP contribution in [0.1, 0.15) is 32.6 Å². The average molecular weight is 240 g/mol. The topological polar surface area (TPSA) is 47.7 Å². The lowest BCUT2D eigenvalue weighted by Crippen LogP contribution is -2.55. The second kappa shape index (κ2) is 4.84. The number of rotatable bonds is 3. The molecular formula is C13H24N2O2. The number of nitrogens with two attached hydrogens (primary N) is 1. The van der Waals surface area contributed by atoms with Gasteiger partial charge in [0.25, 0.3) is 0 Å². The number of nitrogens with zero attached hydrogens (tertiary/aromatic N) is 1. The molecule has 0 aliphatic carbocycles. The molecule has 0 radical (unpaired) electrons. The highest BCUT2D eigenvalue weighted by Crippen LogP contribution is 2.30. The van der Waals surface area contributed by atoms with Gasteiger partial charge in [0, 0.05) is 25.7 Å². The Morgan fingerprint density at radius 3 is 2.35 bits per heavy atom. The largest absolute Gasteiger partial charge is 0.374 e. The van der Waals surface area contributed by atoms with Gasteiger partial charge in [-0.1, -0.05) is 0 Å². The first-order valence-electron chi connectivity index (χ1n) is 7.01. The molecule has 0 spiro atoms. The van der Waals surface area contributed by atoms with Gasteiger partial charge in [-0.25, -0.2) is 0 Å². The zero-order chi connectivity index (χ0) is 11.8. The van der Waals surface area contributed by atoms with Crippen LogP contribution in [-0.2, 0) is 9.47 Å². The number of likely N-dealkylation sites (tertiary alicyclic amines) is 1. The molecule has 3 aliphatic heterocycles. The van der Waals surface area contributed by atoms with Gasteiger partial charge in [0.2, 0.25) is 0 Å². The molecule has 3 rings (SSSR count). The van der Waals surface area contributed by atoms with Gasteiger partial charge < -0.3 is 15.2 Å². The van der Waals surface area contributed by atoms with E-state index in [1.54, 1.807) is 0 Å². The number of hydrogen-bond acceptors (Lipinski definition) is 4. The molecule has 3 heterocycles. The van der Waals surface area contributed by atoms with E-state index in [4.69, 9.17) is 15.2 Å². The molecular weight excluding hydrogens is 216 g/mol. The predicted octanol–water partition coefficient (Wildman–Crippen LogP) is 0.744. The van der Waals surface area contributed by atoms with E-state index in [1.165, 1.54) is 19.3 Å². The SMILES string of the molecule is CC1CCC(C(CN)N2CC3CCC(C2)O3)O1. The Labute approximate surface area is 103 Å². The Morgan fingerprint density at radius 1 is 1.12 bits per heavy atom. The van der Waals surface area contributed by atoms with Gasteiger partial charge in [-0.15, -0.1) is 0 Å². The summed E-state index contributed by atoms with van der Waals surface area (Å²) in [6, 6.07) is 0.395. The van der Waals surface area contributed by atoms with E-state index in [0.717, 1.165) is 19.5 Å². The number of fused-ring (bicyclic) bond motifs is 2. The van der Waals surface area contributed by atoms with Crippen LogP contribution in [-0.4, -0.2) is 55.0 Å². The van der Waals surface area contributed by atoms with Crippen molar-refractivity contribution in [1.29, 1.82) is 0 Å². The Bertz CT molecular complexity index is 262. The third kappa shape index (κ3) is 2.36. The van der Waals surface area contributed by atoms with Gasteiger partial charge in [-0.2, -0.15) is 0 Å². The molecule has 0 amide bonds. The monoisotopic (exact) mass is 240 g/mol. The quantitative estimate of drug-likeness (QED) is 0.790. The maximum atomic E-state index is 6.00. The van der Waals surface area contributed by atoms with E-state index in [1.807, 2.05) is 0 Å². The number of hydrogen-bond donors (Lipinski definition) is 1. The van der Waals surface area contributed by atoms with E-state index in [0.29, 0.717) is 37.0 Å². The minimum atomic E-state index is 0.340.